The summed E-state index contributed by atoms with van der Waals surface area (Å²) in [5.74, 6) is -0.0247. The summed E-state index contributed by atoms with van der Waals surface area (Å²) in [6.45, 7) is 6.47. The number of carbonyl (C=O) groups excluding carboxylic acids is 1. The number of nitrogens with two attached hydrogens (primary N) is 1. The molecule has 1 amide bonds. The normalized spacial score (nSPS) is 21.6. The smallest absolute Gasteiger partial charge is 0.277 e. The van der Waals surface area contributed by atoms with Crippen LogP contribution in [0.15, 0.2) is 34.0 Å². The van der Waals surface area contributed by atoms with Crippen LogP contribution in [0.2, 0.25) is 0 Å². The second-order valence-corrected chi connectivity index (χ2v) is 8.93. The molecule has 3 heterocycles. The Labute approximate surface area is 162 Å². The van der Waals surface area contributed by atoms with Crippen LogP contribution in [0, 0.1) is 0 Å². The van der Waals surface area contributed by atoms with Gasteiger partial charge in [0.2, 0.25) is 5.89 Å². The highest BCUT2D eigenvalue weighted by molar-refractivity contribution is 8.15. The maximum Gasteiger partial charge on any atom is 0.277 e. The number of aromatic nitrogens is 2. The van der Waals surface area contributed by atoms with Crippen LogP contribution in [0.3, 0.4) is 0 Å². The minimum absolute atomic E-state index is 0.0556. The standard InChI is InChI=1S/C18H23N5O3S/c1-17(2)10-18(3,23-16(19)27-17)13-7-11(5-6-20-13)21-15(24)12-8-26-14(22-12)9-25-4/h5-8H,9-10H2,1-4H3,(H2,19,23)(H,20,21,24)/t18-/m0/s1. The van der Waals surface area contributed by atoms with Gasteiger partial charge >= 0.3 is 0 Å². The van der Waals surface area contributed by atoms with E-state index in [0.29, 0.717) is 16.7 Å². The molecule has 2 aromatic rings. The molecule has 1 aliphatic rings. The topological polar surface area (TPSA) is 116 Å². The van der Waals surface area contributed by atoms with Gasteiger partial charge in [-0.15, -0.1) is 0 Å². The van der Waals surface area contributed by atoms with Crippen molar-refractivity contribution in [2.24, 2.45) is 10.7 Å². The fourth-order valence-corrected chi connectivity index (χ4v) is 4.37. The van der Waals surface area contributed by atoms with E-state index >= 15 is 0 Å². The Hall–Kier alpha value is -2.39. The largest absolute Gasteiger partial charge is 0.446 e. The number of aliphatic imine (C=N–C) groups is 1. The molecule has 0 aromatic carbocycles. The van der Waals surface area contributed by atoms with E-state index in [0.717, 1.165) is 12.1 Å². The van der Waals surface area contributed by atoms with Crippen LogP contribution in [0.5, 0.6) is 0 Å². The number of rotatable bonds is 5. The van der Waals surface area contributed by atoms with Crippen LogP contribution in [0.25, 0.3) is 0 Å². The minimum Gasteiger partial charge on any atom is -0.446 e. The van der Waals surface area contributed by atoms with Gasteiger partial charge in [-0.3, -0.25) is 9.78 Å². The number of amides is 1. The molecule has 0 radical (unpaired) electrons. The first-order chi connectivity index (χ1) is 12.7. The number of methoxy groups -OCH3 is 1. The summed E-state index contributed by atoms with van der Waals surface area (Å²) in [7, 11) is 1.53. The third-order valence-electron chi connectivity index (χ3n) is 4.13. The number of nitrogens with one attached hydrogen (secondary N) is 1. The second kappa shape index (κ2) is 7.32. The summed E-state index contributed by atoms with van der Waals surface area (Å²) < 4.78 is 10.1. The highest BCUT2D eigenvalue weighted by atomic mass is 32.2. The van der Waals surface area contributed by atoms with Gasteiger partial charge in [0.25, 0.3) is 5.91 Å². The van der Waals surface area contributed by atoms with E-state index in [1.54, 1.807) is 24.0 Å². The monoisotopic (exact) mass is 389 g/mol. The van der Waals surface area contributed by atoms with E-state index in [1.807, 2.05) is 13.0 Å². The Morgan fingerprint density at radius 2 is 2.22 bits per heavy atom. The number of thioether (sulfide) groups is 1. The lowest BCUT2D eigenvalue weighted by molar-refractivity contribution is 0.102. The molecule has 0 saturated heterocycles. The number of carbonyl (C=O) groups is 1. The molecule has 3 N–H and O–H groups in total. The molecule has 0 spiro atoms. The number of oxazole rings is 1. The first kappa shape index (κ1) is 19.4. The summed E-state index contributed by atoms with van der Waals surface area (Å²) in [4.78, 5) is 25.6. The summed E-state index contributed by atoms with van der Waals surface area (Å²) in [6.07, 6.45) is 3.73. The Balaban J connectivity index is 1.81. The van der Waals surface area contributed by atoms with Crippen molar-refractivity contribution in [3.63, 3.8) is 0 Å². The average Bonchev–Trinajstić information content (AvgIpc) is 3.02. The van der Waals surface area contributed by atoms with Crippen LogP contribution in [0.4, 0.5) is 5.69 Å². The highest BCUT2D eigenvalue weighted by Crippen LogP contribution is 2.44. The molecule has 0 fully saturated rings. The van der Waals surface area contributed by atoms with Crippen LogP contribution in [0.1, 0.15) is 49.3 Å². The first-order valence-electron chi connectivity index (χ1n) is 8.46. The van der Waals surface area contributed by atoms with Crippen molar-refractivity contribution in [3.8, 4) is 0 Å². The third-order valence-corrected chi connectivity index (χ3v) is 5.13. The molecule has 0 saturated carbocycles. The summed E-state index contributed by atoms with van der Waals surface area (Å²) in [5.41, 5.74) is 7.01. The molecule has 27 heavy (non-hydrogen) atoms. The van der Waals surface area contributed by atoms with Gasteiger partial charge in [-0.1, -0.05) is 25.6 Å². The summed E-state index contributed by atoms with van der Waals surface area (Å²) in [5, 5.41) is 3.36. The Bertz CT molecular complexity index is 879. The third kappa shape index (κ3) is 4.48. The van der Waals surface area contributed by atoms with E-state index in [-0.39, 0.29) is 23.0 Å². The molecule has 8 nitrogen and oxygen atoms in total. The number of amidine groups is 1. The van der Waals surface area contributed by atoms with Gasteiger partial charge in [-0.25, -0.2) is 9.98 Å². The molecule has 9 heteroatoms. The molecule has 2 aromatic heterocycles. The Morgan fingerprint density at radius 3 is 2.93 bits per heavy atom. The van der Waals surface area contributed by atoms with Crippen LogP contribution >= 0.6 is 11.8 Å². The van der Waals surface area contributed by atoms with Crippen molar-refractivity contribution >= 4 is 28.5 Å². The SMILES string of the molecule is COCc1nc(C(=O)Nc2ccnc([C@]3(C)CC(C)(C)SC(N)=N3)c2)co1. The lowest BCUT2D eigenvalue weighted by Gasteiger charge is -2.38. The van der Waals surface area contributed by atoms with Gasteiger partial charge in [0, 0.05) is 23.7 Å². The Morgan fingerprint density at radius 1 is 1.44 bits per heavy atom. The maximum absolute atomic E-state index is 12.4. The quantitative estimate of drug-likeness (QED) is 0.807. The minimum atomic E-state index is -0.556. The van der Waals surface area contributed by atoms with E-state index in [1.165, 1.54) is 13.4 Å². The fourth-order valence-electron chi connectivity index (χ4n) is 3.20. The van der Waals surface area contributed by atoms with Crippen molar-refractivity contribution in [2.75, 3.05) is 12.4 Å². The fraction of sp³-hybridized carbons (Fsp3) is 0.444. The van der Waals surface area contributed by atoms with E-state index in [4.69, 9.17) is 14.9 Å². The van der Waals surface area contributed by atoms with Gasteiger partial charge in [0.15, 0.2) is 10.9 Å². The van der Waals surface area contributed by atoms with Gasteiger partial charge in [0.1, 0.15) is 18.4 Å². The van der Waals surface area contributed by atoms with Crippen molar-refractivity contribution in [3.05, 3.63) is 41.9 Å². The van der Waals surface area contributed by atoms with Crippen molar-refractivity contribution < 1.29 is 13.9 Å². The van der Waals surface area contributed by atoms with Crippen molar-refractivity contribution in [1.29, 1.82) is 0 Å². The summed E-state index contributed by atoms with van der Waals surface area (Å²) >= 11 is 1.56. The molecular weight excluding hydrogens is 366 g/mol. The number of nitrogens with zero attached hydrogens (tertiary/aromatic N) is 3. The molecule has 144 valence electrons. The Kier molecular flexibility index (Phi) is 5.25. The van der Waals surface area contributed by atoms with E-state index in [2.05, 4.69) is 34.1 Å². The zero-order valence-electron chi connectivity index (χ0n) is 15.8. The number of pyridine rings is 1. The van der Waals surface area contributed by atoms with Crippen LogP contribution in [-0.4, -0.2) is 32.9 Å². The van der Waals surface area contributed by atoms with Crippen LogP contribution in [-0.2, 0) is 16.9 Å². The van der Waals surface area contributed by atoms with Gasteiger partial charge in [0.05, 0.1) is 5.69 Å². The maximum atomic E-state index is 12.4. The molecule has 3 rings (SSSR count). The van der Waals surface area contributed by atoms with Crippen molar-refractivity contribution in [2.45, 2.75) is 44.1 Å². The van der Waals surface area contributed by atoms with Crippen LogP contribution < -0.4 is 11.1 Å². The number of hydrogen-bond donors (Lipinski definition) is 2. The lowest BCUT2D eigenvalue weighted by Crippen LogP contribution is -2.38. The molecule has 0 aliphatic carbocycles. The predicted molar refractivity (Wildman–Crippen MR) is 105 cm³/mol. The lowest BCUT2D eigenvalue weighted by atomic mass is 9.87. The molecule has 1 atom stereocenters. The highest BCUT2D eigenvalue weighted by Gasteiger charge is 2.40. The molecule has 1 aliphatic heterocycles. The number of anilines is 1. The number of ether oxygens (including phenoxy) is 1. The average molecular weight is 389 g/mol. The van der Waals surface area contributed by atoms with E-state index in [9.17, 15) is 4.79 Å². The zero-order valence-corrected chi connectivity index (χ0v) is 16.6. The second-order valence-electron chi connectivity index (χ2n) is 7.21. The number of hydrogen-bond acceptors (Lipinski definition) is 8. The van der Waals surface area contributed by atoms with Crippen molar-refractivity contribution in [1.82, 2.24) is 9.97 Å². The van der Waals surface area contributed by atoms with E-state index < -0.39 is 5.54 Å². The van der Waals surface area contributed by atoms with Gasteiger partial charge in [-0.05, 0) is 25.5 Å². The summed E-state index contributed by atoms with van der Waals surface area (Å²) in [6, 6.07) is 3.54. The predicted octanol–water partition coefficient (Wildman–Crippen LogP) is 2.91. The first-order valence-corrected chi connectivity index (χ1v) is 9.28. The van der Waals surface area contributed by atoms with Gasteiger partial charge in [-0.2, -0.15) is 0 Å². The van der Waals surface area contributed by atoms with Gasteiger partial charge < -0.3 is 20.2 Å². The zero-order chi connectivity index (χ0) is 19.7. The molecular formula is C18H23N5O3S. The molecule has 0 bridgehead atoms. The molecule has 0 unspecified atom stereocenters.